The van der Waals surface area contributed by atoms with E-state index in [4.69, 9.17) is 0 Å². The summed E-state index contributed by atoms with van der Waals surface area (Å²) in [6.45, 7) is 2.09. The standard InChI is InChI=1S/C8H9N3/c1-2-7-6-5-10-11-8(6)3-4-9-7/h3-5H,2H2,1H3,(H,10,11). The molecule has 3 heteroatoms. The van der Waals surface area contributed by atoms with Gasteiger partial charge >= 0.3 is 0 Å². The van der Waals surface area contributed by atoms with Crippen LogP contribution < -0.4 is 0 Å². The molecule has 0 saturated carbocycles. The van der Waals surface area contributed by atoms with Crippen molar-refractivity contribution in [3.8, 4) is 0 Å². The molecule has 0 fully saturated rings. The molecule has 0 aliphatic rings. The largest absolute Gasteiger partial charge is 0.278 e. The minimum Gasteiger partial charge on any atom is -0.278 e. The number of H-pyrrole nitrogens is 1. The lowest BCUT2D eigenvalue weighted by Gasteiger charge is -1.94. The summed E-state index contributed by atoms with van der Waals surface area (Å²) in [5.74, 6) is 0. The first-order chi connectivity index (χ1) is 5.42. The van der Waals surface area contributed by atoms with Crippen LogP contribution in [0.25, 0.3) is 10.9 Å². The van der Waals surface area contributed by atoms with Gasteiger partial charge in [-0.3, -0.25) is 10.1 Å². The van der Waals surface area contributed by atoms with Crippen LogP contribution in [0.1, 0.15) is 12.6 Å². The molecule has 0 unspecified atom stereocenters. The predicted molar refractivity (Wildman–Crippen MR) is 43.3 cm³/mol. The molecule has 0 aromatic carbocycles. The van der Waals surface area contributed by atoms with Crippen molar-refractivity contribution in [1.29, 1.82) is 0 Å². The number of nitrogens with zero attached hydrogens (tertiary/aromatic N) is 2. The quantitative estimate of drug-likeness (QED) is 0.664. The van der Waals surface area contributed by atoms with Gasteiger partial charge in [0.1, 0.15) is 0 Å². The molecule has 2 aromatic heterocycles. The molecular weight excluding hydrogens is 138 g/mol. The van der Waals surface area contributed by atoms with Crippen molar-refractivity contribution in [3.63, 3.8) is 0 Å². The second-order valence-corrected chi connectivity index (χ2v) is 2.44. The number of pyridine rings is 1. The number of nitrogens with one attached hydrogen (secondary N) is 1. The molecule has 0 atom stereocenters. The van der Waals surface area contributed by atoms with Gasteiger partial charge in [0.15, 0.2) is 0 Å². The average Bonchev–Trinajstić information content (AvgIpc) is 2.50. The number of rotatable bonds is 1. The Labute approximate surface area is 64.5 Å². The fraction of sp³-hybridized carbons (Fsp3) is 0.250. The van der Waals surface area contributed by atoms with Crippen LogP contribution in [0.4, 0.5) is 0 Å². The highest BCUT2D eigenvalue weighted by atomic mass is 15.1. The molecular formula is C8H9N3. The van der Waals surface area contributed by atoms with Crippen molar-refractivity contribution in [3.05, 3.63) is 24.2 Å². The molecule has 0 bridgehead atoms. The third kappa shape index (κ3) is 0.888. The molecule has 0 aliphatic heterocycles. The maximum atomic E-state index is 4.24. The molecule has 1 N–H and O–H groups in total. The highest BCUT2D eigenvalue weighted by Gasteiger charge is 1.99. The first-order valence-electron chi connectivity index (χ1n) is 3.68. The van der Waals surface area contributed by atoms with Crippen LogP contribution in [0.15, 0.2) is 18.5 Å². The van der Waals surface area contributed by atoms with Crippen LogP contribution in [0.3, 0.4) is 0 Å². The van der Waals surface area contributed by atoms with E-state index < -0.39 is 0 Å². The summed E-state index contributed by atoms with van der Waals surface area (Å²) >= 11 is 0. The maximum Gasteiger partial charge on any atom is 0.0684 e. The average molecular weight is 147 g/mol. The number of hydrogen-bond donors (Lipinski definition) is 1. The molecule has 0 aliphatic carbocycles. The molecule has 0 saturated heterocycles. The van der Waals surface area contributed by atoms with Gasteiger partial charge in [-0.1, -0.05) is 6.92 Å². The molecule has 2 rings (SSSR count). The number of hydrogen-bond acceptors (Lipinski definition) is 2. The van der Waals surface area contributed by atoms with Crippen molar-refractivity contribution in [1.82, 2.24) is 15.2 Å². The first kappa shape index (κ1) is 6.34. The van der Waals surface area contributed by atoms with E-state index >= 15 is 0 Å². The molecule has 0 spiro atoms. The zero-order valence-electron chi connectivity index (χ0n) is 6.33. The zero-order chi connectivity index (χ0) is 7.68. The molecule has 2 heterocycles. The lowest BCUT2D eigenvalue weighted by Crippen LogP contribution is -1.85. The highest BCUT2D eigenvalue weighted by Crippen LogP contribution is 2.12. The van der Waals surface area contributed by atoms with Gasteiger partial charge in [-0.25, -0.2) is 0 Å². The summed E-state index contributed by atoms with van der Waals surface area (Å²) in [5.41, 5.74) is 2.17. The van der Waals surface area contributed by atoms with Gasteiger partial charge < -0.3 is 0 Å². The van der Waals surface area contributed by atoms with Gasteiger partial charge in [-0.15, -0.1) is 0 Å². The summed E-state index contributed by atoms with van der Waals surface area (Å²) in [7, 11) is 0. The Morgan fingerprint density at radius 3 is 3.27 bits per heavy atom. The molecule has 11 heavy (non-hydrogen) atoms. The van der Waals surface area contributed by atoms with Crippen LogP contribution in [0.2, 0.25) is 0 Å². The van der Waals surface area contributed by atoms with E-state index in [1.807, 2.05) is 12.3 Å². The summed E-state index contributed by atoms with van der Waals surface area (Å²) in [6, 6.07) is 1.93. The summed E-state index contributed by atoms with van der Waals surface area (Å²) in [5, 5.41) is 7.98. The van der Waals surface area contributed by atoms with Gasteiger partial charge in [-0.05, 0) is 12.5 Å². The summed E-state index contributed by atoms with van der Waals surface area (Å²) in [6.07, 6.45) is 4.58. The van der Waals surface area contributed by atoms with Crippen LogP contribution in [0, 0.1) is 0 Å². The number of aromatic amines is 1. The summed E-state index contributed by atoms with van der Waals surface area (Å²) < 4.78 is 0. The van der Waals surface area contributed by atoms with Crippen LogP contribution >= 0.6 is 0 Å². The Hall–Kier alpha value is -1.38. The van der Waals surface area contributed by atoms with E-state index in [1.165, 1.54) is 0 Å². The van der Waals surface area contributed by atoms with Gasteiger partial charge in [0, 0.05) is 11.6 Å². The van der Waals surface area contributed by atoms with Gasteiger partial charge in [0.05, 0.1) is 17.4 Å². The van der Waals surface area contributed by atoms with Crippen molar-refractivity contribution < 1.29 is 0 Å². The maximum absolute atomic E-state index is 4.24. The number of aromatic nitrogens is 3. The SMILES string of the molecule is CCc1nccc2[nH]ncc12. The Bertz CT molecular complexity index is 364. The molecule has 3 nitrogen and oxygen atoms in total. The monoisotopic (exact) mass is 147 g/mol. The van der Waals surface area contributed by atoms with E-state index in [0.29, 0.717) is 0 Å². The predicted octanol–water partition coefficient (Wildman–Crippen LogP) is 1.52. The van der Waals surface area contributed by atoms with E-state index in [1.54, 1.807) is 6.20 Å². The molecule has 2 aromatic rings. The van der Waals surface area contributed by atoms with E-state index in [0.717, 1.165) is 23.0 Å². The van der Waals surface area contributed by atoms with Crippen molar-refractivity contribution in [2.75, 3.05) is 0 Å². The fourth-order valence-electron chi connectivity index (χ4n) is 1.21. The number of fused-ring (bicyclic) bond motifs is 1. The van der Waals surface area contributed by atoms with E-state index in [9.17, 15) is 0 Å². The van der Waals surface area contributed by atoms with Crippen molar-refractivity contribution >= 4 is 10.9 Å². The number of aryl methyl sites for hydroxylation is 1. The van der Waals surface area contributed by atoms with Crippen molar-refractivity contribution in [2.45, 2.75) is 13.3 Å². The molecule has 0 amide bonds. The van der Waals surface area contributed by atoms with Crippen molar-refractivity contribution in [2.24, 2.45) is 0 Å². The highest BCUT2D eigenvalue weighted by molar-refractivity contribution is 5.79. The summed E-state index contributed by atoms with van der Waals surface area (Å²) in [4.78, 5) is 4.24. The fourth-order valence-corrected chi connectivity index (χ4v) is 1.21. The lowest BCUT2D eigenvalue weighted by atomic mass is 10.2. The Kier molecular flexibility index (Phi) is 1.35. The van der Waals surface area contributed by atoms with Gasteiger partial charge in [-0.2, -0.15) is 5.10 Å². The second-order valence-electron chi connectivity index (χ2n) is 2.44. The minimum atomic E-state index is 0.955. The Morgan fingerprint density at radius 1 is 1.55 bits per heavy atom. The normalized spacial score (nSPS) is 10.6. The second kappa shape index (κ2) is 2.34. The first-order valence-corrected chi connectivity index (χ1v) is 3.68. The Morgan fingerprint density at radius 2 is 2.45 bits per heavy atom. The molecule has 56 valence electrons. The zero-order valence-corrected chi connectivity index (χ0v) is 6.33. The third-order valence-corrected chi connectivity index (χ3v) is 1.79. The van der Waals surface area contributed by atoms with E-state index in [-0.39, 0.29) is 0 Å². The topological polar surface area (TPSA) is 41.6 Å². The van der Waals surface area contributed by atoms with Crippen LogP contribution in [-0.4, -0.2) is 15.2 Å². The smallest absolute Gasteiger partial charge is 0.0684 e. The third-order valence-electron chi connectivity index (χ3n) is 1.79. The minimum absolute atomic E-state index is 0.955. The van der Waals surface area contributed by atoms with Gasteiger partial charge in [0.2, 0.25) is 0 Å². The van der Waals surface area contributed by atoms with Crippen LogP contribution in [0.5, 0.6) is 0 Å². The lowest BCUT2D eigenvalue weighted by molar-refractivity contribution is 1.06. The molecule has 0 radical (unpaired) electrons. The van der Waals surface area contributed by atoms with Gasteiger partial charge in [0.25, 0.3) is 0 Å². The Balaban J connectivity index is 2.79. The van der Waals surface area contributed by atoms with Crippen LogP contribution in [-0.2, 0) is 6.42 Å². The van der Waals surface area contributed by atoms with E-state index in [2.05, 4.69) is 22.1 Å².